The quantitative estimate of drug-likeness (QED) is 0.619. The van der Waals surface area contributed by atoms with Crippen LogP contribution in [0.5, 0.6) is 0 Å². The van der Waals surface area contributed by atoms with Gasteiger partial charge in [-0.15, -0.1) is 44.2 Å². The third kappa shape index (κ3) is 15.2. The van der Waals surface area contributed by atoms with Crippen LogP contribution in [-0.2, 0) is 17.4 Å². The van der Waals surface area contributed by atoms with Crippen molar-refractivity contribution in [3.05, 3.63) is 97.2 Å². The smallest absolute Gasteiger partial charge is 0.295 e. The van der Waals surface area contributed by atoms with E-state index in [-0.39, 0.29) is 42.2 Å². The third-order valence-corrected chi connectivity index (χ3v) is 2.18. The van der Waals surface area contributed by atoms with E-state index in [0.717, 1.165) is 12.1 Å². The largest absolute Gasteiger partial charge is 3.00 e. The van der Waals surface area contributed by atoms with Gasteiger partial charge >= 0.3 is 17.4 Å². The number of pyridine rings is 1. The summed E-state index contributed by atoms with van der Waals surface area (Å²) in [6.45, 7) is 1.97. The van der Waals surface area contributed by atoms with Crippen LogP contribution in [0.2, 0.25) is 0 Å². The van der Waals surface area contributed by atoms with E-state index in [1.54, 1.807) is 6.20 Å². The molecule has 1 aromatic carbocycles. The first kappa shape index (κ1) is 25.8. The molecule has 0 fully saturated rings. The summed E-state index contributed by atoms with van der Waals surface area (Å²) in [5.41, 5.74) is 1.03. The molecule has 0 aliphatic heterocycles. The number of hydrogen-bond donors (Lipinski definition) is 0. The number of benzene rings is 1. The Morgan fingerprint density at radius 1 is 1.05 bits per heavy atom. The Kier molecular flexibility index (Phi) is 23.2. The second-order valence-electron chi connectivity index (χ2n) is 3.62. The third-order valence-electron chi connectivity index (χ3n) is 2.18. The molecule has 1 radical (unpaired) electrons. The number of halogens is 2. The van der Waals surface area contributed by atoms with Gasteiger partial charge in [0, 0.05) is 6.20 Å². The first-order valence-corrected chi connectivity index (χ1v) is 6.26. The Bertz CT molecular complexity index is 436. The van der Waals surface area contributed by atoms with Gasteiger partial charge in [0.15, 0.2) is 0 Å². The first-order chi connectivity index (χ1) is 9.43. The van der Waals surface area contributed by atoms with Gasteiger partial charge in [0.1, 0.15) is 0 Å². The van der Waals surface area contributed by atoms with Crippen LogP contribution >= 0.6 is 24.8 Å². The summed E-state index contributed by atoms with van der Waals surface area (Å²) in [6.07, 6.45) is 13.8. The summed E-state index contributed by atoms with van der Waals surface area (Å²) in [5.74, 6) is 0. The average Bonchev–Trinajstić information content (AvgIpc) is 3.10. The molecule has 0 bridgehead atoms. The zero-order valence-electron chi connectivity index (χ0n) is 12.4. The zero-order chi connectivity index (χ0) is 13.6. The predicted molar refractivity (Wildman–Crippen MR) is 94.7 cm³/mol. The van der Waals surface area contributed by atoms with E-state index in [1.165, 1.54) is 0 Å². The van der Waals surface area contributed by atoms with Crippen LogP contribution in [0.3, 0.4) is 0 Å². The van der Waals surface area contributed by atoms with Gasteiger partial charge in [-0.25, -0.2) is 18.6 Å². The van der Waals surface area contributed by atoms with Crippen molar-refractivity contribution in [3.63, 3.8) is 0 Å². The molecule has 0 saturated carbocycles. The van der Waals surface area contributed by atoms with Gasteiger partial charge in [-0.2, -0.15) is 48.5 Å². The summed E-state index contributed by atoms with van der Waals surface area (Å²) in [6, 6.07) is 18.4. The van der Waals surface area contributed by atoms with E-state index in [4.69, 9.17) is 0 Å². The molecular formula is C18H20Cl2CrN. The van der Waals surface area contributed by atoms with Gasteiger partial charge < -0.3 is 0 Å². The van der Waals surface area contributed by atoms with Crippen LogP contribution in [0, 0.1) is 18.6 Å². The van der Waals surface area contributed by atoms with Crippen molar-refractivity contribution < 1.29 is 17.4 Å². The fourth-order valence-electron chi connectivity index (χ4n) is 1.23. The molecule has 0 spiro atoms. The number of nitrogens with zero attached hydrogens (tertiary/aromatic N) is 1. The molecule has 0 unspecified atom stereocenters. The van der Waals surface area contributed by atoms with Crippen molar-refractivity contribution in [2.45, 2.75) is 13.3 Å². The molecule has 117 valence electrons. The maximum Gasteiger partial charge on any atom is 3.00 e. The standard InChI is InChI=1S/C7H8N.C6H5.C5H5.2ClH.Cr/c1-2-7-5-3-4-6-8-7;1-2-4-6-5-3-1;1-2-4-5-3-1;;;/h2-6H,1H3;1-5H;1-3H,4H2;2*1H;/q3*-1;;;+3. The Morgan fingerprint density at radius 3 is 2.00 bits per heavy atom. The SMILES string of the molecule is C[CH-]c1ccccn1.Cl.Cl.[C-]1=CC=CC1.[Cr+3].[c-]1ccccc1. The Labute approximate surface area is 157 Å². The molecule has 3 rings (SSSR count). The molecule has 1 aliphatic carbocycles. The molecule has 0 amide bonds. The molecule has 0 saturated heterocycles. The maximum absolute atomic E-state index is 4.04. The molecule has 0 N–H and O–H groups in total. The normalized spacial score (nSPS) is 9.32. The number of hydrogen-bond acceptors (Lipinski definition) is 1. The molecule has 22 heavy (non-hydrogen) atoms. The molecular weight excluding hydrogens is 353 g/mol. The summed E-state index contributed by atoms with van der Waals surface area (Å²) in [4.78, 5) is 4.04. The van der Waals surface area contributed by atoms with Gasteiger partial charge in [-0.1, -0.05) is 11.8 Å². The van der Waals surface area contributed by atoms with Crippen molar-refractivity contribution in [1.82, 2.24) is 4.98 Å². The van der Waals surface area contributed by atoms with Crippen molar-refractivity contribution >= 4 is 24.8 Å². The van der Waals surface area contributed by atoms with Crippen LogP contribution in [-0.4, -0.2) is 4.98 Å². The van der Waals surface area contributed by atoms with Gasteiger partial charge in [0.2, 0.25) is 0 Å². The van der Waals surface area contributed by atoms with Gasteiger partial charge in [-0.05, 0) is 0 Å². The van der Waals surface area contributed by atoms with Crippen molar-refractivity contribution in [2.24, 2.45) is 0 Å². The van der Waals surface area contributed by atoms with Crippen molar-refractivity contribution in [3.8, 4) is 0 Å². The van der Waals surface area contributed by atoms with E-state index >= 15 is 0 Å². The summed E-state index contributed by atoms with van der Waals surface area (Å²) in [5, 5.41) is 0. The molecule has 0 atom stereocenters. The molecule has 4 heteroatoms. The van der Waals surface area contributed by atoms with E-state index in [9.17, 15) is 0 Å². The number of rotatable bonds is 1. The Morgan fingerprint density at radius 2 is 1.77 bits per heavy atom. The van der Waals surface area contributed by atoms with Crippen molar-refractivity contribution in [2.75, 3.05) is 0 Å². The summed E-state index contributed by atoms with van der Waals surface area (Å²) >= 11 is 0. The second kappa shape index (κ2) is 19.8. The van der Waals surface area contributed by atoms with E-state index in [0.29, 0.717) is 0 Å². The second-order valence-corrected chi connectivity index (χ2v) is 3.62. The fourth-order valence-corrected chi connectivity index (χ4v) is 1.23. The fraction of sp³-hybridized carbons (Fsp3) is 0.111. The molecule has 1 aliphatic rings. The van der Waals surface area contributed by atoms with E-state index < -0.39 is 0 Å². The van der Waals surface area contributed by atoms with Crippen LogP contribution in [0.4, 0.5) is 0 Å². The minimum atomic E-state index is 0. The molecule has 1 nitrogen and oxygen atoms in total. The maximum atomic E-state index is 4.04. The minimum absolute atomic E-state index is 0. The molecule has 2 aromatic rings. The van der Waals surface area contributed by atoms with E-state index in [1.807, 2.05) is 74.0 Å². The first-order valence-electron chi connectivity index (χ1n) is 6.26. The zero-order valence-corrected chi connectivity index (χ0v) is 15.3. The van der Waals surface area contributed by atoms with Crippen LogP contribution in [0.1, 0.15) is 19.0 Å². The Hall–Kier alpha value is -1.17. The van der Waals surface area contributed by atoms with Gasteiger partial charge in [-0.3, -0.25) is 11.1 Å². The average molecular weight is 373 g/mol. The number of allylic oxidation sites excluding steroid dienone is 4. The summed E-state index contributed by atoms with van der Waals surface area (Å²) < 4.78 is 0. The van der Waals surface area contributed by atoms with Crippen LogP contribution in [0.25, 0.3) is 0 Å². The van der Waals surface area contributed by atoms with Gasteiger partial charge in [0.05, 0.1) is 0 Å². The van der Waals surface area contributed by atoms with Gasteiger partial charge in [0.25, 0.3) is 0 Å². The monoisotopic (exact) mass is 372 g/mol. The minimum Gasteiger partial charge on any atom is -0.295 e. The molecule has 1 aromatic heterocycles. The Balaban J connectivity index is -0.000000236. The number of aromatic nitrogens is 1. The predicted octanol–water partition coefficient (Wildman–Crippen LogP) is 5.29. The molecule has 1 heterocycles. The van der Waals surface area contributed by atoms with Crippen molar-refractivity contribution in [1.29, 1.82) is 0 Å². The topological polar surface area (TPSA) is 12.9 Å². The van der Waals surface area contributed by atoms with Crippen LogP contribution < -0.4 is 0 Å². The van der Waals surface area contributed by atoms with E-state index in [2.05, 4.69) is 23.2 Å². The van der Waals surface area contributed by atoms with Crippen LogP contribution in [0.15, 0.2) is 73.0 Å². The summed E-state index contributed by atoms with van der Waals surface area (Å²) in [7, 11) is 0.